The lowest BCUT2D eigenvalue weighted by Crippen LogP contribution is -2.40. The van der Waals surface area contributed by atoms with Gasteiger partial charge in [0.25, 0.3) is 5.56 Å². The summed E-state index contributed by atoms with van der Waals surface area (Å²) in [5.74, 6) is 0.545. The van der Waals surface area contributed by atoms with E-state index in [-0.39, 0.29) is 6.54 Å². The molecule has 2 aromatic carbocycles. The smallest absolute Gasteiger partial charge is 0.336 e. The van der Waals surface area contributed by atoms with Gasteiger partial charge in [-0.1, -0.05) is 11.6 Å². The van der Waals surface area contributed by atoms with Crippen molar-refractivity contribution in [3.05, 3.63) is 79.8 Å². The van der Waals surface area contributed by atoms with E-state index in [1.807, 2.05) is 0 Å². The lowest BCUT2D eigenvalue weighted by Gasteiger charge is -2.13. The van der Waals surface area contributed by atoms with E-state index in [1.165, 1.54) is 30.1 Å². The van der Waals surface area contributed by atoms with Crippen LogP contribution in [-0.2, 0) is 11.3 Å². The number of halogens is 1. The Bertz CT molecular complexity index is 1420. The van der Waals surface area contributed by atoms with Crippen LogP contribution in [0.3, 0.4) is 0 Å². The summed E-state index contributed by atoms with van der Waals surface area (Å²) in [6.45, 7) is -0.283. The zero-order chi connectivity index (χ0) is 22.8. The number of anilines is 1. The van der Waals surface area contributed by atoms with Crippen LogP contribution in [0.4, 0.5) is 5.69 Å². The summed E-state index contributed by atoms with van der Waals surface area (Å²) in [7, 11) is 3.01. The molecule has 2 heterocycles. The molecule has 0 bridgehead atoms. The van der Waals surface area contributed by atoms with Crippen molar-refractivity contribution >= 4 is 44.7 Å². The quantitative estimate of drug-likeness (QED) is 0.464. The van der Waals surface area contributed by atoms with Gasteiger partial charge < -0.3 is 14.8 Å². The maximum atomic E-state index is 13.2. The fraction of sp³-hybridized carbons (Fsp3) is 0.136. The second-order valence-corrected chi connectivity index (χ2v) is 8.09. The first-order valence-electron chi connectivity index (χ1n) is 9.44. The van der Waals surface area contributed by atoms with E-state index < -0.39 is 17.2 Å². The second kappa shape index (κ2) is 8.89. The van der Waals surface area contributed by atoms with Crippen molar-refractivity contribution in [1.82, 2.24) is 9.13 Å². The Hall–Kier alpha value is -3.56. The van der Waals surface area contributed by atoms with E-state index >= 15 is 0 Å². The lowest BCUT2D eigenvalue weighted by atomic mass is 10.2. The molecule has 0 saturated heterocycles. The number of hydrogen-bond donors (Lipinski definition) is 1. The second-order valence-electron chi connectivity index (χ2n) is 6.74. The van der Waals surface area contributed by atoms with Gasteiger partial charge in [-0.05, 0) is 47.8 Å². The molecule has 10 heteroatoms. The zero-order valence-electron chi connectivity index (χ0n) is 17.1. The number of aromatic nitrogens is 2. The summed E-state index contributed by atoms with van der Waals surface area (Å²) >= 11 is 7.14. The van der Waals surface area contributed by atoms with Gasteiger partial charge in [0.05, 0.1) is 25.4 Å². The van der Waals surface area contributed by atoms with Crippen molar-refractivity contribution in [3.63, 3.8) is 0 Å². The number of nitrogens with one attached hydrogen (secondary N) is 1. The summed E-state index contributed by atoms with van der Waals surface area (Å²) in [6.07, 6.45) is 0. The molecular formula is C22H18ClN3O5S. The number of carbonyl (C=O) groups excluding carboxylic acids is 1. The molecule has 2 aromatic heterocycles. The van der Waals surface area contributed by atoms with Crippen molar-refractivity contribution in [2.75, 3.05) is 19.5 Å². The summed E-state index contributed by atoms with van der Waals surface area (Å²) in [6, 6.07) is 12.9. The first kappa shape index (κ1) is 21.7. The molecule has 4 rings (SSSR count). The van der Waals surface area contributed by atoms with Gasteiger partial charge in [0.15, 0.2) is 11.5 Å². The number of amides is 1. The Balaban J connectivity index is 1.72. The van der Waals surface area contributed by atoms with Crippen LogP contribution >= 0.6 is 22.9 Å². The molecule has 8 nitrogen and oxygen atoms in total. The van der Waals surface area contributed by atoms with Gasteiger partial charge in [-0.2, -0.15) is 0 Å². The standard InChI is InChI=1S/C22H18ClN3O5S/c1-30-17-8-5-14(11-18(17)31-2)24-19(27)12-25-16-9-10-32-20(16)21(28)26(22(25)29)15-6-3-13(23)4-7-15/h3-11H,12H2,1-2H3,(H,24,27). The minimum atomic E-state index is -0.620. The molecule has 1 amide bonds. The minimum Gasteiger partial charge on any atom is -0.493 e. The molecule has 32 heavy (non-hydrogen) atoms. The van der Waals surface area contributed by atoms with Crippen LogP contribution in [-0.4, -0.2) is 29.3 Å². The van der Waals surface area contributed by atoms with Crippen LogP contribution < -0.4 is 26.0 Å². The third-order valence-corrected chi connectivity index (χ3v) is 5.95. The molecule has 0 saturated carbocycles. The first-order valence-corrected chi connectivity index (χ1v) is 10.7. The van der Waals surface area contributed by atoms with Crippen LogP contribution in [0.2, 0.25) is 5.02 Å². The van der Waals surface area contributed by atoms with E-state index in [0.717, 1.165) is 4.57 Å². The Morgan fingerprint density at radius 1 is 1.03 bits per heavy atom. The molecule has 0 aliphatic carbocycles. The molecule has 0 atom stereocenters. The van der Waals surface area contributed by atoms with Crippen LogP contribution in [0, 0.1) is 0 Å². The maximum Gasteiger partial charge on any atom is 0.336 e. The molecule has 0 radical (unpaired) electrons. The highest BCUT2D eigenvalue weighted by molar-refractivity contribution is 7.17. The summed E-state index contributed by atoms with van der Waals surface area (Å²) in [4.78, 5) is 39.0. The number of carbonyl (C=O) groups is 1. The van der Waals surface area contributed by atoms with Gasteiger partial charge in [0.2, 0.25) is 5.91 Å². The number of fused-ring (bicyclic) bond motifs is 1. The van der Waals surface area contributed by atoms with Crippen molar-refractivity contribution in [1.29, 1.82) is 0 Å². The maximum absolute atomic E-state index is 13.2. The van der Waals surface area contributed by atoms with E-state index in [1.54, 1.807) is 53.9 Å². The molecule has 1 N–H and O–H groups in total. The molecule has 0 spiro atoms. The predicted molar refractivity (Wildman–Crippen MR) is 125 cm³/mol. The normalized spacial score (nSPS) is 10.8. The number of nitrogens with zero attached hydrogens (tertiary/aromatic N) is 2. The van der Waals surface area contributed by atoms with Crippen LogP contribution in [0.5, 0.6) is 11.5 Å². The highest BCUT2D eigenvalue weighted by Gasteiger charge is 2.18. The number of benzene rings is 2. The van der Waals surface area contributed by atoms with Gasteiger partial charge in [0.1, 0.15) is 11.2 Å². The summed E-state index contributed by atoms with van der Waals surface area (Å²) in [5, 5.41) is 4.94. The monoisotopic (exact) mass is 471 g/mol. The number of ether oxygens (including phenoxy) is 2. The number of methoxy groups -OCH3 is 2. The average Bonchev–Trinajstić information content (AvgIpc) is 3.28. The molecule has 4 aromatic rings. The van der Waals surface area contributed by atoms with Gasteiger partial charge in [-0.3, -0.25) is 14.2 Å². The number of hydrogen-bond acceptors (Lipinski definition) is 6. The fourth-order valence-corrected chi connectivity index (χ4v) is 4.27. The van der Waals surface area contributed by atoms with Crippen molar-refractivity contribution in [2.45, 2.75) is 6.54 Å². The summed E-state index contributed by atoms with van der Waals surface area (Å²) in [5.41, 5.74) is 0.185. The van der Waals surface area contributed by atoms with E-state index in [0.29, 0.717) is 38.1 Å². The van der Waals surface area contributed by atoms with Gasteiger partial charge in [0, 0.05) is 16.8 Å². The number of rotatable bonds is 6. The van der Waals surface area contributed by atoms with Crippen LogP contribution in [0.25, 0.3) is 15.9 Å². The molecule has 164 valence electrons. The Morgan fingerprint density at radius 2 is 1.75 bits per heavy atom. The molecular weight excluding hydrogens is 454 g/mol. The highest BCUT2D eigenvalue weighted by Crippen LogP contribution is 2.29. The summed E-state index contributed by atoms with van der Waals surface area (Å²) < 4.78 is 13.1. The van der Waals surface area contributed by atoms with E-state index in [2.05, 4.69) is 5.32 Å². The Labute approximate surface area is 191 Å². The molecule has 0 aliphatic rings. The zero-order valence-corrected chi connectivity index (χ0v) is 18.7. The van der Waals surface area contributed by atoms with Gasteiger partial charge >= 0.3 is 5.69 Å². The largest absolute Gasteiger partial charge is 0.493 e. The molecule has 0 aliphatic heterocycles. The third-order valence-electron chi connectivity index (χ3n) is 4.81. The highest BCUT2D eigenvalue weighted by atomic mass is 35.5. The Morgan fingerprint density at radius 3 is 2.44 bits per heavy atom. The van der Waals surface area contributed by atoms with Crippen LogP contribution in [0.15, 0.2) is 63.5 Å². The lowest BCUT2D eigenvalue weighted by molar-refractivity contribution is -0.116. The SMILES string of the molecule is COc1ccc(NC(=O)Cn2c(=O)n(-c3ccc(Cl)cc3)c(=O)c3sccc32)cc1OC. The van der Waals surface area contributed by atoms with Gasteiger partial charge in [-0.25, -0.2) is 9.36 Å². The molecule has 0 unspecified atom stereocenters. The molecule has 0 fully saturated rings. The van der Waals surface area contributed by atoms with Crippen molar-refractivity contribution < 1.29 is 14.3 Å². The fourth-order valence-electron chi connectivity index (χ4n) is 3.32. The van der Waals surface area contributed by atoms with E-state index in [4.69, 9.17) is 21.1 Å². The van der Waals surface area contributed by atoms with Crippen molar-refractivity contribution in [3.8, 4) is 17.2 Å². The Kier molecular flexibility index (Phi) is 6.02. The van der Waals surface area contributed by atoms with Gasteiger partial charge in [-0.15, -0.1) is 11.3 Å². The van der Waals surface area contributed by atoms with E-state index in [9.17, 15) is 14.4 Å². The van der Waals surface area contributed by atoms with Crippen molar-refractivity contribution in [2.24, 2.45) is 0 Å². The van der Waals surface area contributed by atoms with Crippen LogP contribution in [0.1, 0.15) is 0 Å². The first-order chi connectivity index (χ1) is 15.4. The number of thiophene rings is 1. The topological polar surface area (TPSA) is 91.6 Å². The predicted octanol–water partition coefficient (Wildman–Crippen LogP) is 3.52. The minimum absolute atomic E-state index is 0.283. The average molecular weight is 472 g/mol. The third kappa shape index (κ3) is 4.00.